The molecular weight excluding hydrogens is 354 g/mol. The molecule has 0 fully saturated rings. The predicted octanol–water partition coefficient (Wildman–Crippen LogP) is 2.62. The van der Waals surface area contributed by atoms with Gasteiger partial charge in [-0.2, -0.15) is 0 Å². The van der Waals surface area contributed by atoms with Gasteiger partial charge in [0.25, 0.3) is 5.91 Å². The van der Waals surface area contributed by atoms with Gasteiger partial charge in [-0.15, -0.1) is 11.8 Å². The van der Waals surface area contributed by atoms with Gasteiger partial charge in [-0.05, 0) is 46.3 Å². The third-order valence-electron chi connectivity index (χ3n) is 2.54. The molecule has 0 aliphatic carbocycles. The van der Waals surface area contributed by atoms with Gasteiger partial charge < -0.3 is 4.74 Å². The molecule has 1 heterocycles. The molecule has 5 nitrogen and oxygen atoms in total. The zero-order valence-corrected chi connectivity index (χ0v) is 13.5. The van der Waals surface area contributed by atoms with Gasteiger partial charge in [0.05, 0.1) is 6.61 Å². The van der Waals surface area contributed by atoms with Crippen LogP contribution in [0.15, 0.2) is 52.1 Å². The average molecular weight is 368 g/mol. The van der Waals surface area contributed by atoms with Crippen LogP contribution in [0.4, 0.5) is 0 Å². The largest absolute Gasteiger partial charge is 0.493 e. The summed E-state index contributed by atoms with van der Waals surface area (Å²) in [5, 5.41) is 0.928. The Labute approximate surface area is 135 Å². The van der Waals surface area contributed by atoms with E-state index < -0.39 is 0 Å². The highest BCUT2D eigenvalue weighted by molar-refractivity contribution is 9.10. The second-order valence-corrected chi connectivity index (χ2v) is 5.93. The Bertz CT molecular complexity index is 625. The molecule has 2 rings (SSSR count). The van der Waals surface area contributed by atoms with Crippen molar-refractivity contribution in [2.45, 2.75) is 5.03 Å². The van der Waals surface area contributed by atoms with E-state index in [1.807, 2.05) is 12.1 Å². The van der Waals surface area contributed by atoms with E-state index in [1.165, 1.54) is 0 Å². The summed E-state index contributed by atoms with van der Waals surface area (Å²) in [6.45, 7) is 0.515. The van der Waals surface area contributed by atoms with Crippen LogP contribution in [0.2, 0.25) is 0 Å². The van der Waals surface area contributed by atoms with Crippen LogP contribution in [0.25, 0.3) is 0 Å². The minimum absolute atomic E-state index is 0.341. The van der Waals surface area contributed by atoms with Crippen LogP contribution in [0.3, 0.4) is 0 Å². The van der Waals surface area contributed by atoms with E-state index in [0.717, 1.165) is 15.3 Å². The van der Waals surface area contributed by atoms with Crippen molar-refractivity contribution in [3.05, 3.63) is 52.6 Å². The molecular formula is C14H14BrN3O2S. The minimum Gasteiger partial charge on any atom is -0.493 e. The number of hydrogen-bond acceptors (Lipinski definition) is 5. The number of thioether (sulfide) groups is 1. The summed E-state index contributed by atoms with van der Waals surface area (Å²) in [5.74, 6) is 6.15. The fourth-order valence-corrected chi connectivity index (χ4v) is 2.89. The molecule has 1 amide bonds. The van der Waals surface area contributed by atoms with Crippen molar-refractivity contribution in [1.29, 1.82) is 0 Å². The van der Waals surface area contributed by atoms with Gasteiger partial charge in [-0.1, -0.05) is 6.07 Å². The first kappa shape index (κ1) is 15.8. The topological polar surface area (TPSA) is 77.2 Å². The monoisotopic (exact) mass is 367 g/mol. The number of amides is 1. The number of carbonyl (C=O) groups is 1. The molecule has 0 atom stereocenters. The summed E-state index contributed by atoms with van der Waals surface area (Å²) >= 11 is 5.05. The lowest BCUT2D eigenvalue weighted by atomic mass is 10.2. The van der Waals surface area contributed by atoms with Gasteiger partial charge in [0.15, 0.2) is 0 Å². The Morgan fingerprint density at radius 2 is 2.24 bits per heavy atom. The molecule has 0 aliphatic rings. The standard InChI is InChI=1S/C14H14BrN3O2S/c15-12-5-2-6-17-14(12)21-8-7-20-11-4-1-3-10(9-11)13(19)18-16/h1-6,9H,7-8,16H2,(H,18,19). The van der Waals surface area contributed by atoms with Crippen molar-refractivity contribution in [2.24, 2.45) is 5.84 Å². The first-order chi connectivity index (χ1) is 10.2. The van der Waals surface area contributed by atoms with Crippen molar-refractivity contribution in [2.75, 3.05) is 12.4 Å². The number of pyridine rings is 1. The van der Waals surface area contributed by atoms with Crippen LogP contribution in [0.1, 0.15) is 10.4 Å². The fraction of sp³-hybridized carbons (Fsp3) is 0.143. The highest BCUT2D eigenvalue weighted by Gasteiger charge is 2.05. The number of hydrazine groups is 1. The molecule has 0 saturated heterocycles. The number of ether oxygens (including phenoxy) is 1. The van der Waals surface area contributed by atoms with Gasteiger partial charge in [0.1, 0.15) is 10.8 Å². The van der Waals surface area contributed by atoms with Gasteiger partial charge in [-0.25, -0.2) is 10.8 Å². The number of nitrogens with zero attached hydrogens (tertiary/aromatic N) is 1. The number of halogens is 1. The quantitative estimate of drug-likeness (QED) is 0.270. The van der Waals surface area contributed by atoms with Crippen LogP contribution in [-0.4, -0.2) is 23.3 Å². The van der Waals surface area contributed by atoms with E-state index >= 15 is 0 Å². The van der Waals surface area contributed by atoms with Crippen molar-refractivity contribution in [1.82, 2.24) is 10.4 Å². The molecule has 0 unspecified atom stereocenters. The zero-order valence-electron chi connectivity index (χ0n) is 11.1. The second kappa shape index (κ2) is 8.02. The molecule has 0 aliphatic heterocycles. The fourth-order valence-electron chi connectivity index (χ4n) is 1.59. The van der Waals surface area contributed by atoms with E-state index in [1.54, 1.807) is 42.2 Å². The maximum Gasteiger partial charge on any atom is 0.265 e. The molecule has 0 radical (unpaired) electrons. The summed E-state index contributed by atoms with van der Waals surface area (Å²) in [7, 11) is 0. The number of nitrogens with one attached hydrogen (secondary N) is 1. The lowest BCUT2D eigenvalue weighted by Crippen LogP contribution is -2.29. The number of hydrogen-bond donors (Lipinski definition) is 2. The third kappa shape index (κ3) is 4.73. The Hall–Kier alpha value is -1.57. The lowest BCUT2D eigenvalue weighted by Gasteiger charge is -2.07. The maximum absolute atomic E-state index is 11.4. The highest BCUT2D eigenvalue weighted by Crippen LogP contribution is 2.24. The first-order valence-corrected chi connectivity index (χ1v) is 7.95. The van der Waals surface area contributed by atoms with Crippen molar-refractivity contribution < 1.29 is 9.53 Å². The van der Waals surface area contributed by atoms with Crippen molar-refractivity contribution >= 4 is 33.6 Å². The number of nitrogens with two attached hydrogens (primary N) is 1. The van der Waals surface area contributed by atoms with Crippen molar-refractivity contribution in [3.63, 3.8) is 0 Å². The normalized spacial score (nSPS) is 10.2. The molecule has 1 aromatic carbocycles. The number of rotatable bonds is 6. The van der Waals surface area contributed by atoms with Crippen LogP contribution >= 0.6 is 27.7 Å². The second-order valence-electron chi connectivity index (χ2n) is 3.99. The zero-order chi connectivity index (χ0) is 15.1. The average Bonchev–Trinajstić information content (AvgIpc) is 2.52. The Morgan fingerprint density at radius 3 is 3.00 bits per heavy atom. The molecule has 1 aromatic heterocycles. The molecule has 3 N–H and O–H groups in total. The van der Waals surface area contributed by atoms with Crippen LogP contribution in [0.5, 0.6) is 5.75 Å². The smallest absolute Gasteiger partial charge is 0.265 e. The molecule has 0 spiro atoms. The van der Waals surface area contributed by atoms with E-state index in [4.69, 9.17) is 10.6 Å². The molecule has 21 heavy (non-hydrogen) atoms. The van der Waals surface area contributed by atoms with Crippen LogP contribution in [-0.2, 0) is 0 Å². The van der Waals surface area contributed by atoms with Gasteiger partial charge in [0.2, 0.25) is 0 Å². The molecule has 7 heteroatoms. The maximum atomic E-state index is 11.4. The summed E-state index contributed by atoms with van der Waals surface area (Å²) in [6.07, 6.45) is 1.75. The van der Waals surface area contributed by atoms with Gasteiger partial charge >= 0.3 is 0 Å². The molecule has 2 aromatic rings. The Balaban J connectivity index is 1.84. The SMILES string of the molecule is NNC(=O)c1cccc(OCCSc2ncccc2Br)c1. The third-order valence-corrected chi connectivity index (χ3v) is 4.41. The van der Waals surface area contributed by atoms with Crippen LogP contribution in [0, 0.1) is 0 Å². The van der Waals surface area contributed by atoms with E-state index in [0.29, 0.717) is 17.9 Å². The summed E-state index contributed by atoms with van der Waals surface area (Å²) in [4.78, 5) is 15.7. The summed E-state index contributed by atoms with van der Waals surface area (Å²) < 4.78 is 6.59. The molecule has 0 saturated carbocycles. The number of benzene rings is 1. The van der Waals surface area contributed by atoms with E-state index in [-0.39, 0.29) is 5.91 Å². The van der Waals surface area contributed by atoms with Crippen molar-refractivity contribution in [3.8, 4) is 5.75 Å². The molecule has 0 bridgehead atoms. The Kier molecular flexibility index (Phi) is 6.04. The first-order valence-electron chi connectivity index (χ1n) is 6.18. The highest BCUT2D eigenvalue weighted by atomic mass is 79.9. The number of carbonyl (C=O) groups excluding carboxylic acids is 1. The number of nitrogen functional groups attached to an aromatic ring is 1. The van der Waals surface area contributed by atoms with E-state index in [2.05, 4.69) is 26.3 Å². The van der Waals surface area contributed by atoms with Gasteiger partial charge in [-0.3, -0.25) is 10.2 Å². The minimum atomic E-state index is -0.341. The van der Waals surface area contributed by atoms with E-state index in [9.17, 15) is 4.79 Å². The number of aromatic nitrogens is 1. The lowest BCUT2D eigenvalue weighted by molar-refractivity contribution is 0.0953. The molecule has 110 valence electrons. The predicted molar refractivity (Wildman–Crippen MR) is 86.3 cm³/mol. The van der Waals surface area contributed by atoms with Gasteiger partial charge in [0, 0.05) is 22.0 Å². The van der Waals surface area contributed by atoms with Crippen LogP contribution < -0.4 is 16.0 Å². The Morgan fingerprint density at radius 1 is 1.38 bits per heavy atom. The summed E-state index contributed by atoms with van der Waals surface area (Å²) in [6, 6.07) is 10.7. The summed E-state index contributed by atoms with van der Waals surface area (Å²) in [5.41, 5.74) is 2.56.